The first-order valence-electron chi connectivity index (χ1n) is 9.79. The number of benzene rings is 2. The van der Waals surface area contributed by atoms with E-state index in [1.54, 1.807) is 37.4 Å². The Morgan fingerprint density at radius 3 is 2.03 bits per heavy atom. The molecule has 1 aromatic heterocycles. The van der Waals surface area contributed by atoms with Crippen molar-refractivity contribution in [2.24, 2.45) is 0 Å². The number of carbonyl (C=O) groups excluding carboxylic acids is 3. The summed E-state index contributed by atoms with van der Waals surface area (Å²) < 4.78 is 13.4. The minimum Gasteiger partial charge on any atom is -0.347 e. The van der Waals surface area contributed by atoms with E-state index in [4.69, 9.17) is 5.26 Å². The Morgan fingerprint density at radius 1 is 0.879 bits per heavy atom. The van der Waals surface area contributed by atoms with Crippen LogP contribution in [0.2, 0.25) is 0 Å². The van der Waals surface area contributed by atoms with E-state index in [1.165, 1.54) is 24.3 Å². The standard InChI is InChI=1S/C23H19FN6O3/c1-14-8-16(4-7-18(14)24)11-27-23(33)20-9-19(29-13-30-20)22(32)26-10-15-2-5-17(6-3-15)21(31)28-12-25/h2-9,13H,10-11H2,1H3,(H,26,32)(H,27,33)(H,28,31). The fourth-order valence-electron chi connectivity index (χ4n) is 2.87. The predicted octanol–water partition coefficient (Wildman–Crippen LogP) is 1.99. The van der Waals surface area contributed by atoms with Crippen LogP contribution >= 0.6 is 0 Å². The third-order valence-electron chi connectivity index (χ3n) is 4.65. The lowest BCUT2D eigenvalue weighted by Gasteiger charge is -2.08. The quantitative estimate of drug-likeness (QED) is 0.375. The first-order valence-corrected chi connectivity index (χ1v) is 9.79. The van der Waals surface area contributed by atoms with Crippen LogP contribution in [0.1, 0.15) is 48.0 Å². The molecule has 166 valence electrons. The molecular weight excluding hydrogens is 427 g/mol. The van der Waals surface area contributed by atoms with Crippen molar-refractivity contribution in [3.63, 3.8) is 0 Å². The zero-order valence-corrected chi connectivity index (χ0v) is 17.6. The maximum Gasteiger partial charge on any atom is 0.270 e. The van der Waals surface area contributed by atoms with Crippen LogP contribution in [0.15, 0.2) is 54.9 Å². The molecule has 0 saturated heterocycles. The molecule has 3 aromatic rings. The van der Waals surface area contributed by atoms with Gasteiger partial charge < -0.3 is 10.6 Å². The third-order valence-corrected chi connectivity index (χ3v) is 4.65. The van der Waals surface area contributed by atoms with Crippen LogP contribution in [0.3, 0.4) is 0 Å². The second-order valence-corrected chi connectivity index (χ2v) is 7.00. The van der Waals surface area contributed by atoms with Crippen molar-refractivity contribution in [2.45, 2.75) is 20.0 Å². The first-order chi connectivity index (χ1) is 15.9. The number of hydrogen-bond donors (Lipinski definition) is 3. The molecule has 9 nitrogen and oxygen atoms in total. The van der Waals surface area contributed by atoms with Crippen molar-refractivity contribution in [3.8, 4) is 6.19 Å². The molecule has 33 heavy (non-hydrogen) atoms. The Bertz CT molecular complexity index is 1240. The highest BCUT2D eigenvalue weighted by atomic mass is 19.1. The Morgan fingerprint density at radius 2 is 1.45 bits per heavy atom. The molecule has 3 N–H and O–H groups in total. The van der Waals surface area contributed by atoms with Crippen molar-refractivity contribution in [3.05, 3.63) is 94.3 Å². The zero-order valence-electron chi connectivity index (χ0n) is 17.6. The summed E-state index contributed by atoms with van der Waals surface area (Å²) in [7, 11) is 0. The minimum absolute atomic E-state index is 0.0118. The van der Waals surface area contributed by atoms with E-state index in [0.717, 1.165) is 17.5 Å². The van der Waals surface area contributed by atoms with E-state index in [9.17, 15) is 18.8 Å². The lowest BCUT2D eigenvalue weighted by atomic mass is 10.1. The topological polar surface area (TPSA) is 137 Å². The van der Waals surface area contributed by atoms with Gasteiger partial charge in [0.05, 0.1) is 0 Å². The molecule has 3 rings (SSSR count). The number of aromatic nitrogens is 2. The van der Waals surface area contributed by atoms with Crippen LogP contribution in [0, 0.1) is 24.2 Å². The van der Waals surface area contributed by atoms with Gasteiger partial charge in [0.15, 0.2) is 6.19 Å². The van der Waals surface area contributed by atoms with Crippen molar-refractivity contribution in [1.82, 2.24) is 25.9 Å². The average molecular weight is 446 g/mol. The van der Waals surface area contributed by atoms with Gasteiger partial charge in [0, 0.05) is 24.7 Å². The molecule has 0 aliphatic heterocycles. The second kappa shape index (κ2) is 10.6. The van der Waals surface area contributed by atoms with Gasteiger partial charge >= 0.3 is 0 Å². The Hall–Kier alpha value is -4.65. The Kier molecular flexibility index (Phi) is 7.39. The van der Waals surface area contributed by atoms with Crippen molar-refractivity contribution in [1.29, 1.82) is 5.26 Å². The molecule has 0 radical (unpaired) electrons. The molecule has 0 fully saturated rings. The van der Waals surface area contributed by atoms with Crippen LogP contribution in [-0.4, -0.2) is 27.7 Å². The number of hydrogen-bond acceptors (Lipinski definition) is 6. The molecule has 10 heteroatoms. The number of aryl methyl sites for hydroxylation is 1. The number of nitrogens with zero attached hydrogens (tertiary/aromatic N) is 3. The number of carbonyl (C=O) groups is 3. The molecule has 3 amide bonds. The molecule has 1 heterocycles. The van der Waals surface area contributed by atoms with Gasteiger partial charge in [0.25, 0.3) is 17.7 Å². The predicted molar refractivity (Wildman–Crippen MR) is 115 cm³/mol. The zero-order chi connectivity index (χ0) is 23.8. The lowest BCUT2D eigenvalue weighted by Crippen LogP contribution is -2.27. The van der Waals surface area contributed by atoms with Gasteiger partial charge in [-0.2, -0.15) is 5.26 Å². The fraction of sp³-hybridized carbons (Fsp3) is 0.130. The third kappa shape index (κ3) is 6.18. The summed E-state index contributed by atoms with van der Waals surface area (Å²) in [5, 5.41) is 15.9. The van der Waals surface area contributed by atoms with Crippen LogP contribution < -0.4 is 16.0 Å². The molecule has 0 atom stereocenters. The van der Waals surface area contributed by atoms with E-state index in [-0.39, 0.29) is 30.3 Å². The average Bonchev–Trinajstić information content (AvgIpc) is 2.83. The number of halogens is 1. The van der Waals surface area contributed by atoms with Gasteiger partial charge in [-0.1, -0.05) is 24.3 Å². The van der Waals surface area contributed by atoms with E-state index >= 15 is 0 Å². The molecule has 2 aromatic carbocycles. The molecule has 0 aliphatic rings. The summed E-state index contributed by atoms with van der Waals surface area (Å²) in [6.45, 7) is 1.97. The number of amides is 3. The van der Waals surface area contributed by atoms with E-state index in [1.807, 2.05) is 5.32 Å². The molecule has 0 bridgehead atoms. The highest BCUT2D eigenvalue weighted by Gasteiger charge is 2.13. The SMILES string of the molecule is Cc1cc(CNC(=O)c2cc(C(=O)NCc3ccc(C(=O)NC#N)cc3)ncn2)ccc1F. The van der Waals surface area contributed by atoms with Crippen molar-refractivity contribution < 1.29 is 18.8 Å². The first kappa shape index (κ1) is 23.0. The Balaban J connectivity index is 1.57. The van der Waals surface area contributed by atoms with Gasteiger partial charge in [-0.3, -0.25) is 19.7 Å². The summed E-state index contributed by atoms with van der Waals surface area (Å²) in [6.07, 6.45) is 2.68. The van der Waals surface area contributed by atoms with Gasteiger partial charge in [0.2, 0.25) is 0 Å². The van der Waals surface area contributed by atoms with Crippen LogP contribution in [0.25, 0.3) is 0 Å². The van der Waals surface area contributed by atoms with Gasteiger partial charge in [0.1, 0.15) is 23.5 Å². The molecule has 0 spiro atoms. The number of rotatable bonds is 7. The highest BCUT2D eigenvalue weighted by Crippen LogP contribution is 2.09. The molecular formula is C23H19FN6O3. The maximum absolute atomic E-state index is 13.4. The molecule has 0 saturated carbocycles. The van der Waals surface area contributed by atoms with Crippen LogP contribution in [-0.2, 0) is 13.1 Å². The largest absolute Gasteiger partial charge is 0.347 e. The van der Waals surface area contributed by atoms with Gasteiger partial charge in [-0.25, -0.2) is 14.4 Å². The summed E-state index contributed by atoms with van der Waals surface area (Å²) in [5.74, 6) is -1.85. The smallest absolute Gasteiger partial charge is 0.270 e. The molecule has 0 unspecified atom stereocenters. The minimum atomic E-state index is -0.519. The van der Waals surface area contributed by atoms with E-state index in [0.29, 0.717) is 11.1 Å². The Labute approximate surface area is 188 Å². The summed E-state index contributed by atoms with van der Waals surface area (Å²) in [6, 6.07) is 12.2. The maximum atomic E-state index is 13.4. The van der Waals surface area contributed by atoms with Gasteiger partial charge in [-0.15, -0.1) is 0 Å². The van der Waals surface area contributed by atoms with Gasteiger partial charge in [-0.05, 0) is 41.8 Å². The van der Waals surface area contributed by atoms with Crippen molar-refractivity contribution >= 4 is 17.7 Å². The normalized spacial score (nSPS) is 10.1. The monoisotopic (exact) mass is 446 g/mol. The number of nitrogens with one attached hydrogen (secondary N) is 3. The lowest BCUT2D eigenvalue weighted by molar-refractivity contribution is 0.0940. The van der Waals surface area contributed by atoms with Crippen LogP contribution in [0.5, 0.6) is 0 Å². The summed E-state index contributed by atoms with van der Waals surface area (Å²) >= 11 is 0. The highest BCUT2D eigenvalue weighted by molar-refractivity contribution is 5.97. The van der Waals surface area contributed by atoms with E-state index in [2.05, 4.69) is 20.6 Å². The van der Waals surface area contributed by atoms with E-state index < -0.39 is 17.7 Å². The summed E-state index contributed by atoms with van der Waals surface area (Å²) in [5.41, 5.74) is 2.26. The van der Waals surface area contributed by atoms with Crippen LogP contribution in [0.4, 0.5) is 4.39 Å². The summed E-state index contributed by atoms with van der Waals surface area (Å²) in [4.78, 5) is 44.2. The van der Waals surface area contributed by atoms with Crippen molar-refractivity contribution in [2.75, 3.05) is 0 Å². The second-order valence-electron chi connectivity index (χ2n) is 7.00. The fourth-order valence-corrected chi connectivity index (χ4v) is 2.87. The molecule has 0 aliphatic carbocycles. The number of nitriles is 1.